The summed E-state index contributed by atoms with van der Waals surface area (Å²) in [6.45, 7) is 2.52. The topological polar surface area (TPSA) is 90.7 Å². The molecule has 0 unspecified atom stereocenters. The Morgan fingerprint density at radius 1 is 0.939 bits per heavy atom. The van der Waals surface area contributed by atoms with E-state index in [1.807, 2.05) is 31.2 Å². The number of ether oxygens (including phenoxy) is 2. The Hall–Kier alpha value is -4.39. The largest absolute Gasteiger partial charge is 0.494 e. The van der Waals surface area contributed by atoms with Crippen LogP contribution in [0.3, 0.4) is 0 Å². The van der Waals surface area contributed by atoms with Crippen LogP contribution in [0, 0.1) is 0 Å². The van der Waals surface area contributed by atoms with Gasteiger partial charge in [0.15, 0.2) is 5.76 Å². The van der Waals surface area contributed by atoms with Crippen molar-refractivity contribution in [2.24, 2.45) is 0 Å². The first-order chi connectivity index (χ1) is 16.1. The second-order valence-electron chi connectivity index (χ2n) is 7.02. The Kier molecular flexibility index (Phi) is 6.50. The standard InChI is InChI=1S/C26H22N2O5/c1-3-32-18-14-12-17(13-15-18)23-16-27-25(33-23)20-9-5-4-8-19(20)24(29)28-22-11-7-6-10-21(22)26(30)31-2/h4-16H,3H2,1-2H3,(H,28,29). The number of carbonyl (C=O) groups is 2. The maximum Gasteiger partial charge on any atom is 0.339 e. The zero-order valence-electron chi connectivity index (χ0n) is 18.2. The van der Waals surface area contributed by atoms with Gasteiger partial charge in [0.2, 0.25) is 5.89 Å². The number of carbonyl (C=O) groups excluding carboxylic acids is 2. The predicted octanol–water partition coefficient (Wildman–Crippen LogP) is 5.45. The molecule has 166 valence electrons. The maximum atomic E-state index is 13.1. The second-order valence-corrected chi connectivity index (χ2v) is 7.02. The lowest BCUT2D eigenvalue weighted by atomic mass is 10.1. The van der Waals surface area contributed by atoms with E-state index in [9.17, 15) is 9.59 Å². The lowest BCUT2D eigenvalue weighted by molar-refractivity contribution is 0.0602. The number of hydrogen-bond donors (Lipinski definition) is 1. The number of aromatic nitrogens is 1. The van der Waals surface area contributed by atoms with Crippen molar-refractivity contribution in [3.05, 3.63) is 90.1 Å². The fourth-order valence-corrected chi connectivity index (χ4v) is 3.35. The molecule has 7 heteroatoms. The van der Waals surface area contributed by atoms with E-state index in [-0.39, 0.29) is 5.56 Å². The first-order valence-corrected chi connectivity index (χ1v) is 10.4. The zero-order valence-corrected chi connectivity index (χ0v) is 18.2. The van der Waals surface area contributed by atoms with E-state index < -0.39 is 11.9 Å². The molecule has 0 atom stereocenters. The summed E-state index contributed by atoms with van der Waals surface area (Å²) in [6.07, 6.45) is 1.62. The molecule has 33 heavy (non-hydrogen) atoms. The molecule has 0 aliphatic heterocycles. The molecule has 0 spiro atoms. The molecule has 1 N–H and O–H groups in total. The zero-order chi connectivity index (χ0) is 23.2. The summed E-state index contributed by atoms with van der Waals surface area (Å²) in [5.41, 5.74) is 2.34. The molecule has 0 radical (unpaired) electrons. The molecular weight excluding hydrogens is 420 g/mol. The highest BCUT2D eigenvalue weighted by atomic mass is 16.5. The van der Waals surface area contributed by atoms with Gasteiger partial charge in [-0.05, 0) is 55.5 Å². The van der Waals surface area contributed by atoms with E-state index >= 15 is 0 Å². The quantitative estimate of drug-likeness (QED) is 0.383. The Bertz CT molecular complexity index is 1280. The number of hydrogen-bond acceptors (Lipinski definition) is 6. The normalized spacial score (nSPS) is 10.5. The monoisotopic (exact) mass is 442 g/mol. The molecule has 4 rings (SSSR count). The number of esters is 1. The highest BCUT2D eigenvalue weighted by Crippen LogP contribution is 2.30. The Morgan fingerprint density at radius 2 is 1.64 bits per heavy atom. The van der Waals surface area contributed by atoms with E-state index in [2.05, 4.69) is 10.3 Å². The first kappa shape index (κ1) is 21.8. The van der Waals surface area contributed by atoms with Gasteiger partial charge in [-0.15, -0.1) is 0 Å². The summed E-state index contributed by atoms with van der Waals surface area (Å²) in [5, 5.41) is 2.79. The lowest BCUT2D eigenvalue weighted by Crippen LogP contribution is -2.16. The van der Waals surface area contributed by atoms with Crippen LogP contribution in [0.25, 0.3) is 22.8 Å². The van der Waals surface area contributed by atoms with Gasteiger partial charge in [-0.25, -0.2) is 9.78 Å². The molecule has 1 heterocycles. The van der Waals surface area contributed by atoms with E-state index in [1.165, 1.54) is 7.11 Å². The van der Waals surface area contributed by atoms with Crippen LogP contribution < -0.4 is 10.1 Å². The minimum absolute atomic E-state index is 0.264. The first-order valence-electron chi connectivity index (χ1n) is 10.4. The van der Waals surface area contributed by atoms with Gasteiger partial charge in [0.1, 0.15) is 5.75 Å². The summed E-state index contributed by atoms with van der Waals surface area (Å²) in [5.74, 6) is 0.718. The van der Waals surface area contributed by atoms with Crippen molar-refractivity contribution in [3.8, 4) is 28.5 Å². The average Bonchev–Trinajstić information content (AvgIpc) is 3.35. The average molecular weight is 442 g/mol. The van der Waals surface area contributed by atoms with E-state index in [0.29, 0.717) is 35.1 Å². The van der Waals surface area contributed by atoms with Gasteiger partial charge in [-0.3, -0.25) is 4.79 Å². The fourth-order valence-electron chi connectivity index (χ4n) is 3.35. The number of anilines is 1. The summed E-state index contributed by atoms with van der Waals surface area (Å²) in [6, 6.07) is 21.1. The summed E-state index contributed by atoms with van der Waals surface area (Å²) in [7, 11) is 1.29. The van der Waals surface area contributed by atoms with Crippen molar-refractivity contribution >= 4 is 17.6 Å². The van der Waals surface area contributed by atoms with Crippen molar-refractivity contribution < 1.29 is 23.5 Å². The number of para-hydroxylation sites is 1. The molecule has 0 bridgehead atoms. The molecule has 0 fully saturated rings. The van der Waals surface area contributed by atoms with Crippen LogP contribution in [0.5, 0.6) is 5.75 Å². The highest BCUT2D eigenvalue weighted by molar-refractivity contribution is 6.10. The van der Waals surface area contributed by atoms with Crippen LogP contribution in [0.2, 0.25) is 0 Å². The van der Waals surface area contributed by atoms with Gasteiger partial charge in [0.25, 0.3) is 5.91 Å². The number of nitrogens with zero attached hydrogens (tertiary/aromatic N) is 1. The molecule has 4 aromatic rings. The summed E-state index contributed by atoms with van der Waals surface area (Å²) in [4.78, 5) is 29.5. The number of benzene rings is 3. The van der Waals surface area contributed by atoms with Gasteiger partial charge in [0, 0.05) is 11.1 Å². The van der Waals surface area contributed by atoms with Gasteiger partial charge in [-0.2, -0.15) is 0 Å². The van der Waals surface area contributed by atoms with Crippen LogP contribution in [0.1, 0.15) is 27.6 Å². The smallest absolute Gasteiger partial charge is 0.339 e. The predicted molar refractivity (Wildman–Crippen MR) is 124 cm³/mol. The highest BCUT2D eigenvalue weighted by Gasteiger charge is 2.19. The van der Waals surface area contributed by atoms with Crippen molar-refractivity contribution in [2.75, 3.05) is 19.0 Å². The molecule has 0 aliphatic rings. The van der Waals surface area contributed by atoms with Crippen LogP contribution >= 0.6 is 0 Å². The van der Waals surface area contributed by atoms with Crippen molar-refractivity contribution in [1.29, 1.82) is 0 Å². The molecular formula is C26H22N2O5. The van der Waals surface area contributed by atoms with Crippen molar-refractivity contribution in [3.63, 3.8) is 0 Å². The van der Waals surface area contributed by atoms with Gasteiger partial charge < -0.3 is 19.2 Å². The van der Waals surface area contributed by atoms with Crippen molar-refractivity contribution in [1.82, 2.24) is 4.98 Å². The van der Waals surface area contributed by atoms with Crippen LogP contribution in [-0.2, 0) is 4.74 Å². The lowest BCUT2D eigenvalue weighted by Gasteiger charge is -2.11. The van der Waals surface area contributed by atoms with Crippen LogP contribution in [0.15, 0.2) is 83.4 Å². The van der Waals surface area contributed by atoms with Gasteiger partial charge in [0.05, 0.1) is 36.7 Å². The number of oxazole rings is 1. The Morgan fingerprint density at radius 3 is 2.36 bits per heavy atom. The van der Waals surface area contributed by atoms with Gasteiger partial charge >= 0.3 is 5.97 Å². The third kappa shape index (κ3) is 4.77. The SMILES string of the molecule is CCOc1ccc(-c2cnc(-c3ccccc3C(=O)Nc3ccccc3C(=O)OC)o2)cc1. The van der Waals surface area contributed by atoms with Crippen molar-refractivity contribution in [2.45, 2.75) is 6.92 Å². The molecule has 7 nitrogen and oxygen atoms in total. The minimum Gasteiger partial charge on any atom is -0.494 e. The second kappa shape index (κ2) is 9.82. The third-order valence-electron chi connectivity index (χ3n) is 4.94. The Labute approximate surface area is 191 Å². The van der Waals surface area contributed by atoms with E-state index in [0.717, 1.165) is 11.3 Å². The third-order valence-corrected chi connectivity index (χ3v) is 4.94. The molecule has 0 saturated carbocycles. The number of amides is 1. The maximum absolute atomic E-state index is 13.1. The van der Waals surface area contributed by atoms with E-state index in [4.69, 9.17) is 13.9 Å². The fraction of sp³-hybridized carbons (Fsp3) is 0.115. The minimum atomic E-state index is -0.535. The molecule has 1 amide bonds. The number of methoxy groups -OCH3 is 1. The summed E-state index contributed by atoms with van der Waals surface area (Å²) >= 11 is 0. The number of nitrogens with one attached hydrogen (secondary N) is 1. The molecule has 3 aromatic carbocycles. The number of rotatable bonds is 7. The molecule has 0 aliphatic carbocycles. The van der Waals surface area contributed by atoms with Crippen LogP contribution in [-0.4, -0.2) is 30.6 Å². The van der Waals surface area contributed by atoms with Crippen LogP contribution in [0.4, 0.5) is 5.69 Å². The molecule has 0 saturated heterocycles. The molecule has 1 aromatic heterocycles. The summed E-state index contributed by atoms with van der Waals surface area (Å²) < 4.78 is 16.2. The Balaban J connectivity index is 1.61. The van der Waals surface area contributed by atoms with Gasteiger partial charge in [-0.1, -0.05) is 24.3 Å². The van der Waals surface area contributed by atoms with E-state index in [1.54, 1.807) is 54.7 Å².